The molecule has 17 heavy (non-hydrogen) atoms. The molecule has 0 spiro atoms. The zero-order chi connectivity index (χ0) is 12.0. The molecule has 81 valence electrons. The standard InChI is InChI=1S/C15H9O2/c1-9-6-7-12-13(8-9)15(17)11-5-3-2-4-10(11)14(12)16/h2-7H,1H3. The lowest BCUT2D eigenvalue weighted by Gasteiger charge is -2.16. The smallest absolute Gasteiger partial charge is 0.195 e. The van der Waals surface area contributed by atoms with E-state index in [2.05, 4.69) is 6.07 Å². The van der Waals surface area contributed by atoms with Crippen molar-refractivity contribution in [3.63, 3.8) is 0 Å². The third kappa shape index (κ3) is 1.34. The van der Waals surface area contributed by atoms with Gasteiger partial charge in [0.25, 0.3) is 0 Å². The summed E-state index contributed by atoms with van der Waals surface area (Å²) in [5, 5.41) is 0. The second-order valence-corrected chi connectivity index (χ2v) is 4.13. The first-order valence-electron chi connectivity index (χ1n) is 5.40. The molecule has 0 heterocycles. The predicted octanol–water partition coefficient (Wildman–Crippen LogP) is 2.57. The minimum absolute atomic E-state index is 0.0912. The zero-order valence-corrected chi connectivity index (χ0v) is 9.28. The van der Waals surface area contributed by atoms with Crippen molar-refractivity contribution < 1.29 is 9.59 Å². The van der Waals surface area contributed by atoms with Crippen LogP contribution in [-0.4, -0.2) is 11.6 Å². The van der Waals surface area contributed by atoms with Crippen LogP contribution in [0.3, 0.4) is 0 Å². The number of carbonyl (C=O) groups excluding carboxylic acids is 2. The molecule has 0 bridgehead atoms. The number of aryl methyl sites for hydroxylation is 1. The summed E-state index contributed by atoms with van der Waals surface area (Å²) in [5.41, 5.74) is 2.69. The van der Waals surface area contributed by atoms with Crippen LogP contribution in [0.1, 0.15) is 37.4 Å². The van der Waals surface area contributed by atoms with Gasteiger partial charge in [-0.2, -0.15) is 0 Å². The number of benzene rings is 2. The van der Waals surface area contributed by atoms with E-state index in [4.69, 9.17) is 0 Å². The topological polar surface area (TPSA) is 34.1 Å². The van der Waals surface area contributed by atoms with E-state index < -0.39 is 0 Å². The van der Waals surface area contributed by atoms with Crippen LogP contribution < -0.4 is 0 Å². The Labute approximate surface area is 98.9 Å². The van der Waals surface area contributed by atoms with Gasteiger partial charge in [-0.15, -0.1) is 0 Å². The second-order valence-electron chi connectivity index (χ2n) is 4.13. The Balaban J connectivity index is 2.33. The summed E-state index contributed by atoms with van der Waals surface area (Å²) in [6, 6.07) is 13.4. The fourth-order valence-electron chi connectivity index (χ4n) is 2.13. The number of rotatable bonds is 0. The van der Waals surface area contributed by atoms with Crippen molar-refractivity contribution in [2.75, 3.05) is 0 Å². The van der Waals surface area contributed by atoms with Gasteiger partial charge in [0, 0.05) is 22.3 Å². The molecule has 0 saturated heterocycles. The number of fused-ring (bicyclic) bond motifs is 2. The molecule has 0 amide bonds. The predicted molar refractivity (Wildman–Crippen MR) is 63.3 cm³/mol. The monoisotopic (exact) mass is 221 g/mol. The third-order valence-corrected chi connectivity index (χ3v) is 2.98. The Morgan fingerprint density at radius 2 is 1.47 bits per heavy atom. The third-order valence-electron chi connectivity index (χ3n) is 2.98. The van der Waals surface area contributed by atoms with Crippen LogP contribution in [0.4, 0.5) is 0 Å². The quantitative estimate of drug-likeness (QED) is 0.584. The Bertz CT molecular complexity index is 654. The Morgan fingerprint density at radius 1 is 0.824 bits per heavy atom. The van der Waals surface area contributed by atoms with Crippen molar-refractivity contribution in [2.45, 2.75) is 6.92 Å². The molecule has 2 aromatic carbocycles. The van der Waals surface area contributed by atoms with Crippen LogP contribution >= 0.6 is 0 Å². The number of hydrogen-bond donors (Lipinski definition) is 0. The molecule has 2 aromatic rings. The Morgan fingerprint density at radius 3 is 2.18 bits per heavy atom. The molecule has 0 aliphatic heterocycles. The van der Waals surface area contributed by atoms with E-state index in [0.29, 0.717) is 22.3 Å². The average molecular weight is 221 g/mol. The van der Waals surface area contributed by atoms with Gasteiger partial charge in [-0.25, -0.2) is 0 Å². The van der Waals surface area contributed by atoms with Crippen LogP contribution in [0.25, 0.3) is 0 Å². The van der Waals surface area contributed by atoms with Crippen molar-refractivity contribution in [1.82, 2.24) is 0 Å². The van der Waals surface area contributed by atoms with Crippen molar-refractivity contribution in [2.24, 2.45) is 0 Å². The summed E-state index contributed by atoms with van der Waals surface area (Å²) in [6.07, 6.45) is 0. The van der Waals surface area contributed by atoms with Crippen molar-refractivity contribution in [1.29, 1.82) is 0 Å². The van der Waals surface area contributed by atoms with Crippen molar-refractivity contribution >= 4 is 11.6 Å². The molecule has 1 aliphatic carbocycles. The highest BCUT2D eigenvalue weighted by Gasteiger charge is 2.29. The van der Waals surface area contributed by atoms with Gasteiger partial charge in [-0.1, -0.05) is 30.3 Å². The minimum atomic E-state index is -0.112. The summed E-state index contributed by atoms with van der Waals surface area (Å²) in [7, 11) is 0. The molecule has 2 nitrogen and oxygen atoms in total. The highest BCUT2D eigenvalue weighted by atomic mass is 16.1. The molecule has 0 atom stereocenters. The highest BCUT2D eigenvalue weighted by molar-refractivity contribution is 6.28. The van der Waals surface area contributed by atoms with Gasteiger partial charge in [0.05, 0.1) is 0 Å². The van der Waals surface area contributed by atoms with Crippen molar-refractivity contribution in [3.8, 4) is 0 Å². The lowest BCUT2D eigenvalue weighted by Crippen LogP contribution is -2.20. The first kappa shape index (κ1) is 9.97. The molecule has 0 saturated carbocycles. The fourth-order valence-corrected chi connectivity index (χ4v) is 2.13. The molecule has 0 aromatic heterocycles. The number of hydrogen-bond acceptors (Lipinski definition) is 2. The van der Waals surface area contributed by atoms with E-state index in [1.54, 1.807) is 36.4 Å². The molecular formula is C15H9O2. The maximum absolute atomic E-state index is 12.2. The van der Waals surface area contributed by atoms with Gasteiger partial charge >= 0.3 is 0 Å². The molecule has 3 rings (SSSR count). The van der Waals surface area contributed by atoms with Crippen LogP contribution in [0.15, 0.2) is 36.4 Å². The minimum Gasteiger partial charge on any atom is -0.289 e. The van der Waals surface area contributed by atoms with E-state index >= 15 is 0 Å². The molecule has 2 heteroatoms. The van der Waals surface area contributed by atoms with Crippen molar-refractivity contribution in [3.05, 3.63) is 70.3 Å². The highest BCUT2D eigenvalue weighted by Crippen LogP contribution is 2.27. The number of ketones is 2. The first-order chi connectivity index (χ1) is 8.18. The van der Waals surface area contributed by atoms with E-state index in [1.807, 2.05) is 6.92 Å². The second kappa shape index (κ2) is 3.39. The van der Waals surface area contributed by atoms with Gasteiger partial charge < -0.3 is 0 Å². The summed E-state index contributed by atoms with van der Waals surface area (Å²) in [6.45, 7) is 1.86. The SMILES string of the molecule is Cc1[c]c2c(cc1)C(=O)c1ccccc1C2=O. The van der Waals surface area contributed by atoms with Crippen LogP contribution in [0.2, 0.25) is 0 Å². The zero-order valence-electron chi connectivity index (χ0n) is 9.28. The molecule has 1 aliphatic rings. The fraction of sp³-hybridized carbons (Fsp3) is 0.0667. The average Bonchev–Trinajstić information content (AvgIpc) is 2.36. The summed E-state index contributed by atoms with van der Waals surface area (Å²) >= 11 is 0. The molecular weight excluding hydrogens is 212 g/mol. The maximum atomic E-state index is 12.2. The normalized spacial score (nSPS) is 13.2. The molecule has 0 N–H and O–H groups in total. The van der Waals surface area contributed by atoms with E-state index in [-0.39, 0.29) is 11.6 Å². The van der Waals surface area contributed by atoms with Gasteiger partial charge in [0.15, 0.2) is 11.6 Å². The van der Waals surface area contributed by atoms with Gasteiger partial charge in [0.1, 0.15) is 0 Å². The number of carbonyl (C=O) groups is 2. The largest absolute Gasteiger partial charge is 0.289 e. The van der Waals surface area contributed by atoms with E-state index in [1.165, 1.54) is 0 Å². The molecule has 0 unspecified atom stereocenters. The van der Waals surface area contributed by atoms with Gasteiger partial charge in [-0.3, -0.25) is 9.59 Å². The lowest BCUT2D eigenvalue weighted by molar-refractivity contribution is 0.0979. The lowest BCUT2D eigenvalue weighted by atomic mass is 9.83. The molecule has 0 fully saturated rings. The van der Waals surface area contributed by atoms with E-state index in [0.717, 1.165) is 5.56 Å². The van der Waals surface area contributed by atoms with Crippen LogP contribution in [0, 0.1) is 13.0 Å². The summed E-state index contributed by atoms with van der Waals surface area (Å²) in [5.74, 6) is -0.203. The van der Waals surface area contributed by atoms with Crippen LogP contribution in [0.5, 0.6) is 0 Å². The first-order valence-corrected chi connectivity index (χ1v) is 5.40. The summed E-state index contributed by atoms with van der Waals surface area (Å²) < 4.78 is 0. The van der Waals surface area contributed by atoms with E-state index in [9.17, 15) is 9.59 Å². The Hall–Kier alpha value is -2.22. The van der Waals surface area contributed by atoms with Gasteiger partial charge in [0.2, 0.25) is 0 Å². The summed E-state index contributed by atoms with van der Waals surface area (Å²) in [4.78, 5) is 24.4. The Kier molecular flexibility index (Phi) is 1.99. The van der Waals surface area contributed by atoms with Crippen LogP contribution in [-0.2, 0) is 0 Å². The molecule has 1 radical (unpaired) electrons. The van der Waals surface area contributed by atoms with Gasteiger partial charge in [-0.05, 0) is 24.6 Å². The maximum Gasteiger partial charge on any atom is 0.195 e.